The van der Waals surface area contributed by atoms with E-state index in [1.165, 1.54) is 25.7 Å². The monoisotopic (exact) mass is 213 g/mol. The summed E-state index contributed by atoms with van der Waals surface area (Å²) in [6.07, 6.45) is 5.22. The summed E-state index contributed by atoms with van der Waals surface area (Å²) < 4.78 is 5.25. The largest absolute Gasteiger partial charge is 0.460 e. The topological polar surface area (TPSA) is 52.3 Å². The molecule has 0 aliphatic heterocycles. The van der Waals surface area contributed by atoms with Gasteiger partial charge in [0.2, 0.25) is 0 Å². The lowest BCUT2D eigenvalue weighted by Gasteiger charge is -2.23. The fourth-order valence-electron chi connectivity index (χ4n) is 2.13. The van der Waals surface area contributed by atoms with E-state index in [0.717, 1.165) is 0 Å². The summed E-state index contributed by atoms with van der Waals surface area (Å²) in [6, 6.07) is -0.0117. The van der Waals surface area contributed by atoms with Gasteiger partial charge in [0.1, 0.15) is 5.60 Å². The van der Waals surface area contributed by atoms with Crippen molar-refractivity contribution in [3.8, 4) is 0 Å². The van der Waals surface area contributed by atoms with Crippen molar-refractivity contribution in [3.05, 3.63) is 0 Å². The number of hydrogen-bond acceptors (Lipinski definition) is 3. The van der Waals surface area contributed by atoms with Crippen LogP contribution in [0.15, 0.2) is 0 Å². The summed E-state index contributed by atoms with van der Waals surface area (Å²) in [4.78, 5) is 11.5. The average molecular weight is 213 g/mol. The molecule has 1 aliphatic carbocycles. The van der Waals surface area contributed by atoms with Gasteiger partial charge < -0.3 is 10.5 Å². The highest BCUT2D eigenvalue weighted by Crippen LogP contribution is 2.28. The lowest BCUT2D eigenvalue weighted by atomic mass is 9.96. The zero-order valence-corrected chi connectivity index (χ0v) is 10.1. The minimum absolute atomic E-state index is 0.0117. The molecule has 0 aromatic rings. The van der Waals surface area contributed by atoms with Crippen LogP contribution in [0.3, 0.4) is 0 Å². The van der Waals surface area contributed by atoms with E-state index in [9.17, 15) is 4.79 Å². The number of rotatable bonds is 3. The van der Waals surface area contributed by atoms with Crippen molar-refractivity contribution < 1.29 is 9.53 Å². The van der Waals surface area contributed by atoms with Gasteiger partial charge in [0.15, 0.2) is 0 Å². The second-order valence-electron chi connectivity index (χ2n) is 5.50. The Morgan fingerprint density at radius 2 is 1.93 bits per heavy atom. The third-order valence-electron chi connectivity index (χ3n) is 2.83. The van der Waals surface area contributed by atoms with Gasteiger partial charge >= 0.3 is 5.97 Å². The number of carbonyl (C=O) groups excluding carboxylic acids is 1. The molecule has 3 nitrogen and oxygen atoms in total. The van der Waals surface area contributed by atoms with E-state index in [1.807, 2.05) is 20.8 Å². The van der Waals surface area contributed by atoms with Crippen LogP contribution in [-0.4, -0.2) is 17.6 Å². The maximum atomic E-state index is 11.5. The van der Waals surface area contributed by atoms with Gasteiger partial charge in [-0.05, 0) is 39.5 Å². The highest BCUT2D eigenvalue weighted by Gasteiger charge is 2.26. The molecule has 0 bridgehead atoms. The second kappa shape index (κ2) is 4.97. The molecule has 15 heavy (non-hydrogen) atoms. The lowest BCUT2D eigenvalue weighted by Crippen LogP contribution is -2.34. The van der Waals surface area contributed by atoms with Gasteiger partial charge in [0, 0.05) is 6.04 Å². The summed E-state index contributed by atoms with van der Waals surface area (Å²) in [5, 5.41) is 0. The SMILES string of the molecule is CC(C)(C)OC(=O)C[C@@H](N)C1CCCC1. The first-order valence-electron chi connectivity index (χ1n) is 5.86. The highest BCUT2D eigenvalue weighted by atomic mass is 16.6. The first-order chi connectivity index (χ1) is 6.88. The molecule has 2 N–H and O–H groups in total. The van der Waals surface area contributed by atoms with Crippen molar-refractivity contribution in [1.29, 1.82) is 0 Å². The Kier molecular flexibility index (Phi) is 4.14. The van der Waals surface area contributed by atoms with Crippen LogP contribution in [0, 0.1) is 5.92 Å². The Labute approximate surface area is 92.4 Å². The molecule has 0 amide bonds. The van der Waals surface area contributed by atoms with Gasteiger partial charge in [-0.3, -0.25) is 4.79 Å². The number of esters is 1. The van der Waals surface area contributed by atoms with Crippen molar-refractivity contribution >= 4 is 5.97 Å². The van der Waals surface area contributed by atoms with Gasteiger partial charge in [-0.25, -0.2) is 0 Å². The normalized spacial score (nSPS) is 20.3. The fourth-order valence-corrected chi connectivity index (χ4v) is 2.13. The molecule has 1 saturated carbocycles. The zero-order valence-electron chi connectivity index (χ0n) is 10.1. The Morgan fingerprint density at radius 3 is 2.40 bits per heavy atom. The van der Waals surface area contributed by atoms with Crippen LogP contribution >= 0.6 is 0 Å². The van der Waals surface area contributed by atoms with Crippen LogP contribution in [0.5, 0.6) is 0 Å². The van der Waals surface area contributed by atoms with E-state index in [0.29, 0.717) is 12.3 Å². The van der Waals surface area contributed by atoms with E-state index in [-0.39, 0.29) is 12.0 Å². The summed E-state index contributed by atoms with van der Waals surface area (Å²) in [5.41, 5.74) is 5.60. The fraction of sp³-hybridized carbons (Fsp3) is 0.917. The molecular formula is C12H23NO2. The van der Waals surface area contributed by atoms with Crippen LogP contribution < -0.4 is 5.73 Å². The number of nitrogens with two attached hydrogens (primary N) is 1. The molecule has 0 unspecified atom stereocenters. The average Bonchev–Trinajstić information content (AvgIpc) is 2.50. The van der Waals surface area contributed by atoms with Crippen LogP contribution in [-0.2, 0) is 9.53 Å². The molecule has 0 heterocycles. The van der Waals surface area contributed by atoms with Gasteiger partial charge in [-0.2, -0.15) is 0 Å². The molecule has 3 heteroatoms. The van der Waals surface area contributed by atoms with E-state index in [4.69, 9.17) is 10.5 Å². The highest BCUT2D eigenvalue weighted by molar-refractivity contribution is 5.70. The predicted octanol–water partition coefficient (Wildman–Crippen LogP) is 2.24. The van der Waals surface area contributed by atoms with Gasteiger partial charge in [0.05, 0.1) is 6.42 Å². The maximum Gasteiger partial charge on any atom is 0.307 e. The lowest BCUT2D eigenvalue weighted by molar-refractivity contribution is -0.155. The van der Waals surface area contributed by atoms with E-state index >= 15 is 0 Å². The van der Waals surface area contributed by atoms with Crippen molar-refractivity contribution in [3.63, 3.8) is 0 Å². The third-order valence-corrected chi connectivity index (χ3v) is 2.83. The molecule has 1 atom stereocenters. The van der Waals surface area contributed by atoms with E-state index in [1.54, 1.807) is 0 Å². The molecule has 0 spiro atoms. The van der Waals surface area contributed by atoms with Crippen molar-refractivity contribution in [2.45, 2.75) is 64.5 Å². The predicted molar refractivity (Wildman–Crippen MR) is 60.4 cm³/mol. The summed E-state index contributed by atoms with van der Waals surface area (Å²) in [5.74, 6) is 0.361. The Bertz CT molecular complexity index is 214. The summed E-state index contributed by atoms with van der Waals surface area (Å²) in [7, 11) is 0. The van der Waals surface area contributed by atoms with Gasteiger partial charge in [0.25, 0.3) is 0 Å². The smallest absolute Gasteiger partial charge is 0.307 e. The summed E-state index contributed by atoms with van der Waals surface area (Å²) in [6.45, 7) is 5.64. The Hall–Kier alpha value is -0.570. The molecular weight excluding hydrogens is 190 g/mol. The molecule has 1 aliphatic rings. The van der Waals surface area contributed by atoms with Crippen LogP contribution in [0.1, 0.15) is 52.9 Å². The Morgan fingerprint density at radius 1 is 1.40 bits per heavy atom. The summed E-state index contributed by atoms with van der Waals surface area (Å²) >= 11 is 0. The first kappa shape index (κ1) is 12.5. The molecule has 0 radical (unpaired) electrons. The second-order valence-corrected chi connectivity index (χ2v) is 5.50. The third kappa shape index (κ3) is 4.65. The molecule has 0 saturated heterocycles. The van der Waals surface area contributed by atoms with Crippen molar-refractivity contribution in [1.82, 2.24) is 0 Å². The number of ether oxygens (including phenoxy) is 1. The molecule has 1 fully saturated rings. The molecule has 88 valence electrons. The van der Waals surface area contributed by atoms with Crippen LogP contribution in [0.25, 0.3) is 0 Å². The van der Waals surface area contributed by atoms with Gasteiger partial charge in [-0.15, -0.1) is 0 Å². The minimum atomic E-state index is -0.396. The van der Waals surface area contributed by atoms with Crippen molar-refractivity contribution in [2.75, 3.05) is 0 Å². The standard InChI is InChI=1S/C12H23NO2/c1-12(2,3)15-11(14)8-10(13)9-6-4-5-7-9/h9-10H,4-8,13H2,1-3H3/t10-/m1/s1. The quantitative estimate of drug-likeness (QED) is 0.731. The van der Waals surface area contributed by atoms with Crippen LogP contribution in [0.2, 0.25) is 0 Å². The number of carbonyl (C=O) groups is 1. The zero-order chi connectivity index (χ0) is 11.5. The number of hydrogen-bond donors (Lipinski definition) is 1. The van der Waals surface area contributed by atoms with E-state index in [2.05, 4.69) is 0 Å². The van der Waals surface area contributed by atoms with E-state index < -0.39 is 5.60 Å². The molecule has 0 aromatic carbocycles. The van der Waals surface area contributed by atoms with Gasteiger partial charge in [-0.1, -0.05) is 12.8 Å². The first-order valence-corrected chi connectivity index (χ1v) is 5.86. The van der Waals surface area contributed by atoms with Crippen molar-refractivity contribution in [2.24, 2.45) is 11.7 Å². The molecule has 0 aromatic heterocycles. The maximum absolute atomic E-state index is 11.5. The Balaban J connectivity index is 2.30. The minimum Gasteiger partial charge on any atom is -0.460 e. The van der Waals surface area contributed by atoms with Crippen LogP contribution in [0.4, 0.5) is 0 Å². The molecule has 1 rings (SSSR count).